The number of likely N-dealkylation sites (tertiary alicyclic amines) is 1. The van der Waals surface area contributed by atoms with E-state index in [4.69, 9.17) is 10.1 Å². The van der Waals surface area contributed by atoms with Crippen molar-refractivity contribution in [1.29, 1.82) is 5.41 Å². The van der Waals surface area contributed by atoms with E-state index in [1.54, 1.807) is 4.90 Å². The maximum Gasteiger partial charge on any atom is 0.410 e. The first-order chi connectivity index (χ1) is 6.29. The molecule has 0 aromatic carbocycles. The zero-order valence-electron chi connectivity index (χ0n) is 9.26. The Hall–Kier alpha value is -1.06. The number of hydrogen-bond acceptors (Lipinski definition) is 3. The molecule has 0 aliphatic carbocycles. The maximum atomic E-state index is 11.6. The quantitative estimate of drug-likeness (QED) is 0.646. The van der Waals surface area contributed by atoms with Crippen LogP contribution in [0.25, 0.3) is 0 Å². The van der Waals surface area contributed by atoms with Gasteiger partial charge in [-0.15, -0.1) is 0 Å². The molecule has 14 heavy (non-hydrogen) atoms. The lowest BCUT2D eigenvalue weighted by atomic mass is 10.1. The van der Waals surface area contributed by atoms with Gasteiger partial charge in [0, 0.05) is 18.2 Å². The van der Waals surface area contributed by atoms with Crippen LogP contribution in [0.15, 0.2) is 0 Å². The molecule has 0 bridgehead atoms. The average Bonchev–Trinajstić information content (AvgIpc) is 2.28. The maximum absolute atomic E-state index is 11.6. The summed E-state index contributed by atoms with van der Waals surface area (Å²) >= 11 is 0. The summed E-state index contributed by atoms with van der Waals surface area (Å²) in [4.78, 5) is 13.1. The van der Waals surface area contributed by atoms with Crippen LogP contribution in [-0.2, 0) is 4.74 Å². The second-order valence-corrected chi connectivity index (χ2v) is 4.79. The van der Waals surface area contributed by atoms with Crippen LogP contribution in [0.2, 0.25) is 0 Å². The van der Waals surface area contributed by atoms with Crippen molar-refractivity contribution in [3.05, 3.63) is 0 Å². The predicted octanol–water partition coefficient (Wildman–Crippen LogP) is 1.89. The van der Waals surface area contributed by atoms with Crippen molar-refractivity contribution in [3.63, 3.8) is 0 Å². The fourth-order valence-electron chi connectivity index (χ4n) is 1.33. The topological polar surface area (TPSA) is 53.4 Å². The number of amides is 1. The van der Waals surface area contributed by atoms with Gasteiger partial charge in [0.1, 0.15) is 5.60 Å². The first-order valence-corrected chi connectivity index (χ1v) is 4.85. The Balaban J connectivity index is 2.52. The average molecular weight is 198 g/mol. The normalized spacial score (nSPS) is 22.7. The van der Waals surface area contributed by atoms with Crippen LogP contribution in [0.3, 0.4) is 0 Å². The van der Waals surface area contributed by atoms with E-state index in [0.29, 0.717) is 18.8 Å². The lowest BCUT2D eigenvalue weighted by molar-refractivity contribution is 0.0294. The monoisotopic (exact) mass is 198 g/mol. The molecule has 0 spiro atoms. The highest BCUT2D eigenvalue weighted by molar-refractivity contribution is 5.91. The molecule has 1 fully saturated rings. The number of rotatable bonds is 0. The first kappa shape index (κ1) is 11.0. The van der Waals surface area contributed by atoms with Gasteiger partial charge in [-0.25, -0.2) is 4.79 Å². The summed E-state index contributed by atoms with van der Waals surface area (Å²) in [5.74, 6) is 0.169. The minimum absolute atomic E-state index is 0.169. The summed E-state index contributed by atoms with van der Waals surface area (Å²) in [6.07, 6.45) is -0.313. The summed E-state index contributed by atoms with van der Waals surface area (Å²) < 4.78 is 5.21. The zero-order chi connectivity index (χ0) is 10.9. The van der Waals surface area contributed by atoms with Crippen LogP contribution in [0.4, 0.5) is 4.79 Å². The second-order valence-electron chi connectivity index (χ2n) is 4.79. The molecule has 0 aromatic heterocycles. The van der Waals surface area contributed by atoms with Crippen LogP contribution >= 0.6 is 0 Å². The second kappa shape index (κ2) is 3.59. The highest BCUT2D eigenvalue weighted by Gasteiger charge is 2.30. The molecule has 1 aliphatic heterocycles. The fourth-order valence-corrected chi connectivity index (χ4v) is 1.33. The molecule has 0 aromatic rings. The minimum Gasteiger partial charge on any atom is -0.444 e. The van der Waals surface area contributed by atoms with Gasteiger partial charge < -0.3 is 15.0 Å². The molecule has 0 radical (unpaired) electrons. The first-order valence-electron chi connectivity index (χ1n) is 4.85. The van der Waals surface area contributed by atoms with Crippen molar-refractivity contribution in [2.45, 2.75) is 33.3 Å². The predicted molar refractivity (Wildman–Crippen MR) is 54.7 cm³/mol. The number of nitrogens with one attached hydrogen (secondary N) is 1. The van der Waals surface area contributed by atoms with Gasteiger partial charge in [-0.3, -0.25) is 0 Å². The lowest BCUT2D eigenvalue weighted by Crippen LogP contribution is -2.35. The van der Waals surface area contributed by atoms with E-state index < -0.39 is 5.60 Å². The smallest absolute Gasteiger partial charge is 0.410 e. The molecule has 1 saturated heterocycles. The Kier molecular flexibility index (Phi) is 2.83. The molecule has 0 saturated carbocycles. The zero-order valence-corrected chi connectivity index (χ0v) is 9.26. The van der Waals surface area contributed by atoms with Crippen molar-refractivity contribution in [3.8, 4) is 0 Å². The van der Waals surface area contributed by atoms with Gasteiger partial charge in [-0.2, -0.15) is 0 Å². The summed E-state index contributed by atoms with van der Waals surface area (Å²) in [7, 11) is 0. The van der Waals surface area contributed by atoms with Crippen molar-refractivity contribution in [2.24, 2.45) is 5.92 Å². The molecule has 1 N–H and O–H groups in total. The third-order valence-electron chi connectivity index (χ3n) is 2.10. The van der Waals surface area contributed by atoms with E-state index in [-0.39, 0.29) is 12.0 Å². The Bertz CT molecular complexity index is 255. The van der Waals surface area contributed by atoms with Gasteiger partial charge >= 0.3 is 6.09 Å². The highest BCUT2D eigenvalue weighted by atomic mass is 16.6. The number of ether oxygens (including phenoxy) is 1. The molecular weight excluding hydrogens is 180 g/mol. The molecule has 80 valence electrons. The lowest BCUT2D eigenvalue weighted by Gasteiger charge is -2.23. The summed E-state index contributed by atoms with van der Waals surface area (Å²) in [5.41, 5.74) is 0.154. The van der Waals surface area contributed by atoms with E-state index in [9.17, 15) is 4.79 Å². The molecule has 1 rings (SSSR count). The Morgan fingerprint density at radius 1 is 1.57 bits per heavy atom. The largest absolute Gasteiger partial charge is 0.444 e. The summed E-state index contributed by atoms with van der Waals surface area (Å²) in [6.45, 7) is 8.50. The van der Waals surface area contributed by atoms with Gasteiger partial charge in [0.2, 0.25) is 0 Å². The minimum atomic E-state index is -0.453. The van der Waals surface area contributed by atoms with E-state index in [2.05, 4.69) is 0 Å². The SMILES string of the molecule is CC1CN(C(=O)OC(C)(C)C)CC1=N. The standard InChI is InChI=1S/C10H18N2O2/c1-7-5-12(6-8(7)11)9(13)14-10(2,3)4/h7,11H,5-6H2,1-4H3. The Labute approximate surface area is 84.7 Å². The highest BCUT2D eigenvalue weighted by Crippen LogP contribution is 2.16. The molecule has 1 atom stereocenters. The molecule has 1 aliphatic rings. The van der Waals surface area contributed by atoms with Crippen LogP contribution in [0.1, 0.15) is 27.7 Å². The van der Waals surface area contributed by atoms with Crippen LogP contribution in [0, 0.1) is 11.3 Å². The number of nitrogens with zero attached hydrogens (tertiary/aromatic N) is 1. The van der Waals surface area contributed by atoms with Gasteiger partial charge in [0.05, 0.1) is 6.54 Å². The van der Waals surface area contributed by atoms with Crippen molar-refractivity contribution >= 4 is 11.8 Å². The fraction of sp³-hybridized carbons (Fsp3) is 0.800. The molecule has 1 amide bonds. The van der Waals surface area contributed by atoms with Crippen LogP contribution < -0.4 is 0 Å². The van der Waals surface area contributed by atoms with Crippen LogP contribution in [-0.4, -0.2) is 35.4 Å². The molecule has 4 nitrogen and oxygen atoms in total. The van der Waals surface area contributed by atoms with Gasteiger partial charge in [-0.05, 0) is 20.8 Å². The molecular formula is C10H18N2O2. The van der Waals surface area contributed by atoms with Gasteiger partial charge in [0.25, 0.3) is 0 Å². The summed E-state index contributed by atoms with van der Waals surface area (Å²) in [5, 5.41) is 7.56. The van der Waals surface area contributed by atoms with E-state index in [1.807, 2.05) is 27.7 Å². The summed E-state index contributed by atoms with van der Waals surface area (Å²) in [6, 6.07) is 0. The number of carbonyl (C=O) groups excluding carboxylic acids is 1. The van der Waals surface area contributed by atoms with Gasteiger partial charge in [-0.1, -0.05) is 6.92 Å². The Morgan fingerprint density at radius 2 is 2.14 bits per heavy atom. The third kappa shape index (κ3) is 2.72. The van der Waals surface area contributed by atoms with Gasteiger partial charge in [0.15, 0.2) is 0 Å². The number of hydrogen-bond donors (Lipinski definition) is 1. The van der Waals surface area contributed by atoms with Crippen molar-refractivity contribution in [1.82, 2.24) is 4.90 Å². The van der Waals surface area contributed by atoms with Crippen molar-refractivity contribution < 1.29 is 9.53 Å². The van der Waals surface area contributed by atoms with Crippen LogP contribution in [0.5, 0.6) is 0 Å². The Morgan fingerprint density at radius 3 is 2.50 bits per heavy atom. The van der Waals surface area contributed by atoms with E-state index in [1.165, 1.54) is 0 Å². The van der Waals surface area contributed by atoms with E-state index >= 15 is 0 Å². The molecule has 1 unspecified atom stereocenters. The van der Waals surface area contributed by atoms with Crippen molar-refractivity contribution in [2.75, 3.05) is 13.1 Å². The van der Waals surface area contributed by atoms with E-state index in [0.717, 1.165) is 0 Å². The number of carbonyl (C=O) groups is 1. The molecule has 4 heteroatoms. The third-order valence-corrected chi connectivity index (χ3v) is 2.10. The molecule has 1 heterocycles.